The highest BCUT2D eigenvalue weighted by Gasteiger charge is 2.38. The largest absolute Gasteiger partial charge is 0.352 e. The second kappa shape index (κ2) is 17.3. The number of hydrogen-bond donors (Lipinski definition) is 5. The van der Waals surface area contributed by atoms with Crippen LogP contribution in [0.4, 0.5) is 0 Å². The van der Waals surface area contributed by atoms with Crippen molar-refractivity contribution in [3.63, 3.8) is 0 Å². The van der Waals surface area contributed by atoms with Gasteiger partial charge < -0.3 is 31.5 Å². The first kappa shape index (κ1) is 34.5. The molecule has 5 unspecified atom stereocenters. The highest BCUT2D eigenvalue weighted by atomic mass is 16.2. The molecule has 0 aromatic heterocycles. The van der Waals surface area contributed by atoms with Crippen LogP contribution < -0.4 is 26.6 Å². The summed E-state index contributed by atoms with van der Waals surface area (Å²) in [6.45, 7) is 6.13. The van der Waals surface area contributed by atoms with Crippen LogP contribution in [0.2, 0.25) is 0 Å². The summed E-state index contributed by atoms with van der Waals surface area (Å²) in [5.41, 5.74) is 2.45. The Morgan fingerprint density at radius 2 is 1.49 bits per heavy atom. The van der Waals surface area contributed by atoms with Crippen molar-refractivity contribution in [1.29, 1.82) is 0 Å². The van der Waals surface area contributed by atoms with Gasteiger partial charge in [0, 0.05) is 12.6 Å². The van der Waals surface area contributed by atoms with E-state index in [-0.39, 0.29) is 41.8 Å². The van der Waals surface area contributed by atoms with E-state index in [1.54, 1.807) is 25.9 Å². The van der Waals surface area contributed by atoms with E-state index in [2.05, 4.69) is 38.7 Å². The van der Waals surface area contributed by atoms with E-state index < -0.39 is 18.1 Å². The first-order valence-electron chi connectivity index (χ1n) is 16.3. The summed E-state index contributed by atoms with van der Waals surface area (Å²) in [6, 6.07) is 6.48. The van der Waals surface area contributed by atoms with Gasteiger partial charge in [-0.15, -0.1) is 0 Å². The standard InChI is InChI=1S/C33H54N6O4/c1-22(36-30(40)23(2)34-4)14-8-6-7-9-18-28(38-31(41)24(3)35-5)33(43)39-21-13-20-29(39)32(42)37-27-19-12-16-25-15-10-11-17-26(25)27/h10-11,15,17,22-24,27-29,34-35H,6-9,12-14,16,18-21H2,1-5H3,(H,36,40)(H,37,42)(H,38,41)/t22?,23?,24?,27?,28?,29-/m0/s1. The molecule has 2 aliphatic rings. The molecule has 0 saturated carbocycles. The summed E-state index contributed by atoms with van der Waals surface area (Å²) < 4.78 is 0. The molecule has 10 nitrogen and oxygen atoms in total. The molecule has 4 amide bonds. The zero-order valence-electron chi connectivity index (χ0n) is 26.8. The highest BCUT2D eigenvalue weighted by molar-refractivity contribution is 5.93. The Bertz CT molecular complexity index is 1080. The predicted molar refractivity (Wildman–Crippen MR) is 169 cm³/mol. The quantitative estimate of drug-likeness (QED) is 0.186. The molecule has 3 rings (SSSR count). The summed E-state index contributed by atoms with van der Waals surface area (Å²) in [6.07, 6.45) is 9.38. The maximum absolute atomic E-state index is 13.9. The van der Waals surface area contributed by atoms with Crippen molar-refractivity contribution in [2.24, 2.45) is 0 Å². The number of nitrogens with zero attached hydrogens (tertiary/aromatic N) is 1. The molecule has 5 N–H and O–H groups in total. The monoisotopic (exact) mass is 598 g/mol. The summed E-state index contributed by atoms with van der Waals surface area (Å²) in [4.78, 5) is 53.9. The number of nitrogens with one attached hydrogen (secondary N) is 5. The summed E-state index contributed by atoms with van der Waals surface area (Å²) in [7, 11) is 3.48. The second-order valence-electron chi connectivity index (χ2n) is 12.3. The van der Waals surface area contributed by atoms with Crippen molar-refractivity contribution >= 4 is 23.6 Å². The minimum atomic E-state index is -0.673. The number of carbonyl (C=O) groups is 4. The van der Waals surface area contributed by atoms with E-state index in [0.717, 1.165) is 57.8 Å². The number of likely N-dealkylation sites (tertiary alicyclic amines) is 1. The Labute approximate surface area is 257 Å². The van der Waals surface area contributed by atoms with Gasteiger partial charge in [-0.3, -0.25) is 19.2 Å². The topological polar surface area (TPSA) is 132 Å². The number of amides is 4. The molecule has 6 atom stereocenters. The number of fused-ring (bicyclic) bond motifs is 1. The summed E-state index contributed by atoms with van der Waals surface area (Å²) in [5, 5.41) is 15.1. The van der Waals surface area contributed by atoms with Gasteiger partial charge in [0.1, 0.15) is 12.1 Å². The number of hydrogen-bond acceptors (Lipinski definition) is 6. The maximum atomic E-state index is 13.9. The lowest BCUT2D eigenvalue weighted by Gasteiger charge is -2.32. The zero-order valence-corrected chi connectivity index (χ0v) is 26.8. The van der Waals surface area contributed by atoms with E-state index in [1.807, 2.05) is 26.0 Å². The smallest absolute Gasteiger partial charge is 0.245 e. The van der Waals surface area contributed by atoms with Crippen molar-refractivity contribution in [1.82, 2.24) is 31.5 Å². The molecule has 1 aromatic carbocycles. The molecular formula is C33H54N6O4. The Kier molecular flexibility index (Phi) is 13.9. The second-order valence-corrected chi connectivity index (χ2v) is 12.3. The first-order chi connectivity index (χ1) is 20.7. The molecule has 0 bridgehead atoms. The Hall–Kier alpha value is -2.98. The average Bonchev–Trinajstić information content (AvgIpc) is 3.51. The van der Waals surface area contributed by atoms with Crippen LogP contribution in [0, 0.1) is 0 Å². The van der Waals surface area contributed by atoms with Crippen molar-refractivity contribution in [2.45, 2.75) is 128 Å². The molecule has 0 spiro atoms. The number of unbranched alkanes of at least 4 members (excludes halogenated alkanes) is 3. The molecule has 1 fully saturated rings. The molecule has 1 aliphatic heterocycles. The lowest BCUT2D eigenvalue weighted by molar-refractivity contribution is -0.142. The molecule has 0 radical (unpaired) electrons. The van der Waals surface area contributed by atoms with Crippen LogP contribution in [-0.4, -0.2) is 79.4 Å². The van der Waals surface area contributed by atoms with Gasteiger partial charge in [-0.2, -0.15) is 0 Å². The Morgan fingerprint density at radius 1 is 0.837 bits per heavy atom. The van der Waals surface area contributed by atoms with Gasteiger partial charge in [-0.25, -0.2) is 0 Å². The average molecular weight is 599 g/mol. The van der Waals surface area contributed by atoms with Crippen LogP contribution in [0.1, 0.15) is 102 Å². The predicted octanol–water partition coefficient (Wildman–Crippen LogP) is 2.72. The van der Waals surface area contributed by atoms with Gasteiger partial charge in [-0.1, -0.05) is 49.9 Å². The van der Waals surface area contributed by atoms with Crippen molar-refractivity contribution in [3.8, 4) is 0 Å². The normalized spacial score (nSPS) is 20.8. The minimum Gasteiger partial charge on any atom is -0.352 e. The van der Waals surface area contributed by atoms with Crippen LogP contribution in [0.3, 0.4) is 0 Å². The SMILES string of the molecule is CNC(C)C(=O)NC(C)CCCCCCC(NC(=O)C(C)NC)C(=O)N1CCC[C@H]1C(=O)NC1CCCc2ccccc21. The number of rotatable bonds is 16. The van der Waals surface area contributed by atoms with Gasteiger partial charge in [0.05, 0.1) is 18.1 Å². The van der Waals surface area contributed by atoms with E-state index in [1.165, 1.54) is 11.1 Å². The molecule has 10 heteroatoms. The van der Waals surface area contributed by atoms with Gasteiger partial charge in [0.2, 0.25) is 23.6 Å². The van der Waals surface area contributed by atoms with Gasteiger partial charge in [0.15, 0.2) is 0 Å². The first-order valence-corrected chi connectivity index (χ1v) is 16.3. The minimum absolute atomic E-state index is 0.000323. The number of carbonyl (C=O) groups excluding carboxylic acids is 4. The number of likely N-dealkylation sites (N-methyl/N-ethyl adjacent to an activating group) is 2. The fourth-order valence-electron chi connectivity index (χ4n) is 6.08. The lowest BCUT2D eigenvalue weighted by atomic mass is 9.87. The third kappa shape index (κ3) is 10.0. The van der Waals surface area contributed by atoms with E-state index >= 15 is 0 Å². The van der Waals surface area contributed by atoms with Gasteiger partial charge in [0.25, 0.3) is 0 Å². The van der Waals surface area contributed by atoms with Gasteiger partial charge in [-0.05, 0) is 90.9 Å². The third-order valence-electron chi connectivity index (χ3n) is 9.06. The summed E-state index contributed by atoms with van der Waals surface area (Å²) in [5.74, 6) is -0.500. The number of aryl methyl sites for hydroxylation is 1. The fraction of sp³-hybridized carbons (Fsp3) is 0.697. The van der Waals surface area contributed by atoms with Crippen LogP contribution in [-0.2, 0) is 25.6 Å². The molecule has 1 saturated heterocycles. The Morgan fingerprint density at radius 3 is 2.19 bits per heavy atom. The molecule has 1 heterocycles. The molecular weight excluding hydrogens is 544 g/mol. The van der Waals surface area contributed by atoms with E-state index in [9.17, 15) is 19.2 Å². The summed E-state index contributed by atoms with van der Waals surface area (Å²) >= 11 is 0. The van der Waals surface area contributed by atoms with E-state index in [0.29, 0.717) is 19.4 Å². The van der Waals surface area contributed by atoms with Crippen LogP contribution in [0.5, 0.6) is 0 Å². The fourth-order valence-corrected chi connectivity index (χ4v) is 6.08. The highest BCUT2D eigenvalue weighted by Crippen LogP contribution is 2.30. The third-order valence-corrected chi connectivity index (χ3v) is 9.06. The lowest BCUT2D eigenvalue weighted by Crippen LogP contribution is -2.55. The Balaban J connectivity index is 1.55. The van der Waals surface area contributed by atoms with E-state index in [4.69, 9.17) is 0 Å². The molecule has 1 aromatic rings. The molecule has 43 heavy (non-hydrogen) atoms. The van der Waals surface area contributed by atoms with Crippen LogP contribution >= 0.6 is 0 Å². The van der Waals surface area contributed by atoms with Crippen LogP contribution in [0.25, 0.3) is 0 Å². The van der Waals surface area contributed by atoms with Crippen LogP contribution in [0.15, 0.2) is 24.3 Å². The van der Waals surface area contributed by atoms with Crippen molar-refractivity contribution in [3.05, 3.63) is 35.4 Å². The number of benzene rings is 1. The molecule has 240 valence electrons. The molecule has 1 aliphatic carbocycles. The van der Waals surface area contributed by atoms with Crippen molar-refractivity contribution < 1.29 is 19.2 Å². The van der Waals surface area contributed by atoms with Gasteiger partial charge >= 0.3 is 0 Å². The zero-order chi connectivity index (χ0) is 31.4. The maximum Gasteiger partial charge on any atom is 0.245 e. The van der Waals surface area contributed by atoms with Crippen molar-refractivity contribution in [2.75, 3.05) is 20.6 Å².